The number of carbonyl (C=O) groups excluding carboxylic acids is 1. The fourth-order valence-electron chi connectivity index (χ4n) is 4.98. The maximum Gasteiger partial charge on any atom is 0.230 e. The highest BCUT2D eigenvalue weighted by Crippen LogP contribution is 2.41. The van der Waals surface area contributed by atoms with E-state index in [1.807, 2.05) is 12.1 Å². The minimum absolute atomic E-state index is 0.0270. The van der Waals surface area contributed by atoms with Crippen molar-refractivity contribution in [2.24, 2.45) is 0 Å². The average Bonchev–Trinajstić information content (AvgIpc) is 3.23. The highest BCUT2D eigenvalue weighted by molar-refractivity contribution is 5.88. The van der Waals surface area contributed by atoms with Crippen LogP contribution in [0.5, 0.6) is 0 Å². The molecule has 0 spiro atoms. The molecule has 2 fully saturated rings. The Hall–Kier alpha value is -2.27. The molecule has 1 saturated heterocycles. The topological polar surface area (TPSA) is 38.3 Å². The molecule has 5 heteroatoms. The lowest BCUT2D eigenvalue weighted by Gasteiger charge is -2.38. The van der Waals surface area contributed by atoms with Gasteiger partial charge in [-0.1, -0.05) is 37.1 Å². The molecule has 2 aromatic carbocycles. The fraction of sp³-hybridized carbons (Fsp3) is 0.458. The van der Waals surface area contributed by atoms with Gasteiger partial charge in [0.15, 0.2) is 0 Å². The number of amides is 1. The quantitative estimate of drug-likeness (QED) is 0.795. The van der Waals surface area contributed by atoms with Gasteiger partial charge in [-0.3, -0.25) is 4.79 Å². The summed E-state index contributed by atoms with van der Waals surface area (Å²) in [7, 11) is 0. The van der Waals surface area contributed by atoms with E-state index < -0.39 is 5.41 Å². The number of halogens is 2. The van der Waals surface area contributed by atoms with Crippen molar-refractivity contribution >= 4 is 5.91 Å². The van der Waals surface area contributed by atoms with Crippen molar-refractivity contribution in [3.8, 4) is 0 Å². The summed E-state index contributed by atoms with van der Waals surface area (Å²) in [6, 6.07) is 12.9. The van der Waals surface area contributed by atoms with Crippen molar-refractivity contribution in [2.45, 2.75) is 49.4 Å². The molecule has 2 aromatic rings. The Morgan fingerprint density at radius 1 is 0.828 bits per heavy atom. The number of nitrogens with one attached hydrogen (secondary N) is 1. The van der Waals surface area contributed by atoms with Crippen molar-refractivity contribution in [2.75, 3.05) is 19.8 Å². The molecule has 0 unspecified atom stereocenters. The second kappa shape index (κ2) is 8.23. The van der Waals surface area contributed by atoms with Crippen LogP contribution in [0.2, 0.25) is 0 Å². The van der Waals surface area contributed by atoms with Gasteiger partial charge >= 0.3 is 0 Å². The molecule has 1 N–H and O–H groups in total. The second-order valence-electron chi connectivity index (χ2n) is 8.38. The summed E-state index contributed by atoms with van der Waals surface area (Å²) in [5, 5.41) is 3.22. The summed E-state index contributed by atoms with van der Waals surface area (Å²) in [5.41, 5.74) is 1.06. The van der Waals surface area contributed by atoms with Gasteiger partial charge in [-0.2, -0.15) is 0 Å². The number of rotatable bonds is 5. The molecule has 1 aliphatic heterocycles. The summed E-state index contributed by atoms with van der Waals surface area (Å²) in [5.74, 6) is -0.582. The van der Waals surface area contributed by atoms with E-state index in [2.05, 4.69) is 5.32 Å². The van der Waals surface area contributed by atoms with E-state index in [-0.39, 0.29) is 23.0 Å². The Morgan fingerprint density at radius 3 is 1.90 bits per heavy atom. The van der Waals surface area contributed by atoms with Crippen LogP contribution in [-0.2, 0) is 20.4 Å². The van der Waals surface area contributed by atoms with E-state index in [4.69, 9.17) is 4.74 Å². The van der Waals surface area contributed by atoms with Gasteiger partial charge in [-0.05, 0) is 61.1 Å². The zero-order chi connectivity index (χ0) is 20.3. The molecule has 154 valence electrons. The Balaban J connectivity index is 1.57. The maximum atomic E-state index is 13.5. The molecule has 1 saturated carbocycles. The van der Waals surface area contributed by atoms with Crippen LogP contribution in [-0.4, -0.2) is 25.7 Å². The predicted molar refractivity (Wildman–Crippen MR) is 108 cm³/mol. The van der Waals surface area contributed by atoms with Crippen LogP contribution in [0.1, 0.15) is 49.7 Å². The lowest BCUT2D eigenvalue weighted by Crippen LogP contribution is -2.51. The minimum Gasteiger partial charge on any atom is -0.381 e. The molecule has 29 heavy (non-hydrogen) atoms. The first-order valence-corrected chi connectivity index (χ1v) is 10.4. The lowest BCUT2D eigenvalue weighted by atomic mass is 9.72. The van der Waals surface area contributed by atoms with Crippen molar-refractivity contribution < 1.29 is 18.3 Å². The molecule has 0 aromatic heterocycles. The Labute approximate surface area is 170 Å². The van der Waals surface area contributed by atoms with Gasteiger partial charge in [-0.15, -0.1) is 0 Å². The number of benzene rings is 2. The zero-order valence-electron chi connectivity index (χ0n) is 16.6. The lowest BCUT2D eigenvalue weighted by molar-refractivity contribution is -0.130. The van der Waals surface area contributed by atoms with Gasteiger partial charge in [0.25, 0.3) is 0 Å². The number of ether oxygens (including phenoxy) is 1. The van der Waals surface area contributed by atoms with Crippen LogP contribution >= 0.6 is 0 Å². The average molecular weight is 399 g/mol. The van der Waals surface area contributed by atoms with Gasteiger partial charge in [0.1, 0.15) is 11.6 Å². The van der Waals surface area contributed by atoms with Gasteiger partial charge in [0, 0.05) is 25.2 Å². The van der Waals surface area contributed by atoms with Gasteiger partial charge in [0.2, 0.25) is 5.91 Å². The van der Waals surface area contributed by atoms with Crippen LogP contribution in [0, 0.1) is 11.6 Å². The number of hydrogen-bond donors (Lipinski definition) is 1. The summed E-state index contributed by atoms with van der Waals surface area (Å²) in [4.78, 5) is 13.5. The standard InChI is InChI=1S/C24H27F2NO2/c25-20-7-3-18(4-8-20)23(11-1-2-12-23)17-27-22(28)24(13-15-29-16-14-24)19-5-9-21(26)10-6-19/h3-10H,1-2,11-17H2,(H,27,28). The van der Waals surface area contributed by atoms with Gasteiger partial charge in [0.05, 0.1) is 5.41 Å². The minimum atomic E-state index is -0.700. The summed E-state index contributed by atoms with van der Waals surface area (Å²) < 4.78 is 32.4. The molecule has 4 rings (SSSR count). The van der Waals surface area contributed by atoms with E-state index in [1.165, 1.54) is 24.3 Å². The van der Waals surface area contributed by atoms with Crippen molar-refractivity contribution in [1.29, 1.82) is 0 Å². The van der Waals surface area contributed by atoms with E-state index in [1.54, 1.807) is 12.1 Å². The number of carbonyl (C=O) groups is 1. The van der Waals surface area contributed by atoms with Crippen LogP contribution in [0.3, 0.4) is 0 Å². The molecule has 1 heterocycles. The van der Waals surface area contributed by atoms with Crippen molar-refractivity contribution in [3.63, 3.8) is 0 Å². The molecule has 0 radical (unpaired) electrons. The first-order chi connectivity index (χ1) is 14.0. The largest absolute Gasteiger partial charge is 0.381 e. The first-order valence-electron chi connectivity index (χ1n) is 10.4. The molecule has 3 nitrogen and oxygen atoms in total. The maximum absolute atomic E-state index is 13.5. The van der Waals surface area contributed by atoms with Gasteiger partial charge in [-0.25, -0.2) is 8.78 Å². The first kappa shape index (κ1) is 20.0. The molecule has 0 atom stereocenters. The predicted octanol–water partition coefficient (Wildman–Crippen LogP) is 4.64. The third-order valence-electron chi connectivity index (χ3n) is 6.78. The van der Waals surface area contributed by atoms with Crippen LogP contribution in [0.4, 0.5) is 8.78 Å². The summed E-state index contributed by atoms with van der Waals surface area (Å²) >= 11 is 0. The summed E-state index contributed by atoms with van der Waals surface area (Å²) in [6.45, 7) is 1.54. The van der Waals surface area contributed by atoms with Crippen molar-refractivity contribution in [1.82, 2.24) is 5.32 Å². The van der Waals surface area contributed by atoms with E-state index in [0.29, 0.717) is 32.6 Å². The van der Waals surface area contributed by atoms with Gasteiger partial charge < -0.3 is 10.1 Å². The normalized spacial score (nSPS) is 20.3. The molecule has 0 bridgehead atoms. The third-order valence-corrected chi connectivity index (χ3v) is 6.78. The van der Waals surface area contributed by atoms with Crippen LogP contribution < -0.4 is 5.32 Å². The molecule has 1 amide bonds. The van der Waals surface area contributed by atoms with Crippen molar-refractivity contribution in [3.05, 3.63) is 71.3 Å². The van der Waals surface area contributed by atoms with E-state index in [9.17, 15) is 13.6 Å². The Bertz CT molecular complexity index is 836. The Morgan fingerprint density at radius 2 is 1.34 bits per heavy atom. The highest BCUT2D eigenvalue weighted by Gasteiger charge is 2.43. The fourth-order valence-corrected chi connectivity index (χ4v) is 4.98. The molecular weight excluding hydrogens is 372 g/mol. The van der Waals surface area contributed by atoms with E-state index in [0.717, 1.165) is 36.8 Å². The SMILES string of the molecule is O=C(NCC1(c2ccc(F)cc2)CCCC1)C1(c2ccc(F)cc2)CCOCC1. The van der Waals surface area contributed by atoms with E-state index >= 15 is 0 Å². The second-order valence-corrected chi connectivity index (χ2v) is 8.38. The zero-order valence-corrected chi connectivity index (χ0v) is 16.6. The smallest absolute Gasteiger partial charge is 0.230 e. The highest BCUT2D eigenvalue weighted by atomic mass is 19.1. The molecular formula is C24H27F2NO2. The van der Waals surface area contributed by atoms with Crippen LogP contribution in [0.15, 0.2) is 48.5 Å². The molecule has 1 aliphatic carbocycles. The summed E-state index contributed by atoms with van der Waals surface area (Å²) in [6.07, 6.45) is 5.31. The Kier molecular flexibility index (Phi) is 5.68. The number of hydrogen-bond acceptors (Lipinski definition) is 2. The monoisotopic (exact) mass is 399 g/mol. The van der Waals surface area contributed by atoms with Crippen LogP contribution in [0.25, 0.3) is 0 Å². The third kappa shape index (κ3) is 3.93. The molecule has 2 aliphatic rings.